The van der Waals surface area contributed by atoms with Crippen LogP contribution >= 0.6 is 0 Å². The van der Waals surface area contributed by atoms with Crippen LogP contribution in [0.5, 0.6) is 0 Å². The van der Waals surface area contributed by atoms with Gasteiger partial charge >= 0.3 is 5.97 Å². The predicted octanol–water partition coefficient (Wildman–Crippen LogP) is 5.78. The van der Waals surface area contributed by atoms with Gasteiger partial charge in [0.25, 0.3) is 0 Å². The number of aliphatic hydroxyl groups is 1. The molecule has 0 aromatic heterocycles. The lowest BCUT2D eigenvalue weighted by atomic mass is 9.46. The lowest BCUT2D eigenvalue weighted by Gasteiger charge is -2.59. The summed E-state index contributed by atoms with van der Waals surface area (Å²) in [5, 5.41) is 11.7. The topological polar surface area (TPSA) is 63.6 Å². The summed E-state index contributed by atoms with van der Waals surface area (Å²) in [5.41, 5.74) is -0.340. The van der Waals surface area contributed by atoms with Crippen LogP contribution in [0.25, 0.3) is 0 Å². The molecule has 4 aliphatic carbocycles. The highest BCUT2D eigenvalue weighted by atomic mass is 16.5. The minimum atomic E-state index is -1.43. The van der Waals surface area contributed by atoms with Crippen molar-refractivity contribution in [2.45, 2.75) is 104 Å². The molecule has 0 radical (unpaired) electrons. The summed E-state index contributed by atoms with van der Waals surface area (Å²) in [7, 11) is 0. The van der Waals surface area contributed by atoms with Crippen LogP contribution < -0.4 is 0 Å². The molecule has 1 N–H and O–H groups in total. The van der Waals surface area contributed by atoms with E-state index in [0.717, 1.165) is 44.9 Å². The number of allylic oxidation sites excluding steroid dienone is 3. The van der Waals surface area contributed by atoms with Crippen LogP contribution in [0, 0.1) is 34.5 Å². The van der Waals surface area contributed by atoms with Crippen LogP contribution in [0.2, 0.25) is 0 Å². The maximum absolute atomic E-state index is 13.4. The molecular weight excluding hydrogens is 400 g/mol. The van der Waals surface area contributed by atoms with Gasteiger partial charge in [-0.05, 0) is 86.5 Å². The number of fused-ring (bicyclic) bond motifs is 5. The first-order valence-corrected chi connectivity index (χ1v) is 12.8. The van der Waals surface area contributed by atoms with Crippen LogP contribution in [0.15, 0.2) is 23.8 Å². The number of hydrogen-bond acceptors (Lipinski definition) is 4. The van der Waals surface area contributed by atoms with E-state index in [-0.39, 0.29) is 35.6 Å². The molecule has 0 bridgehead atoms. The zero-order chi connectivity index (χ0) is 23.3. The molecule has 7 atom stereocenters. The molecule has 3 saturated carbocycles. The summed E-state index contributed by atoms with van der Waals surface area (Å²) in [6.07, 6.45) is 14.7. The van der Waals surface area contributed by atoms with Crippen molar-refractivity contribution in [3.63, 3.8) is 0 Å². The van der Waals surface area contributed by atoms with E-state index in [1.165, 1.54) is 18.9 Å². The van der Waals surface area contributed by atoms with Gasteiger partial charge in [-0.15, -0.1) is 0 Å². The molecule has 4 unspecified atom stereocenters. The van der Waals surface area contributed by atoms with Gasteiger partial charge in [0.15, 0.2) is 5.78 Å². The van der Waals surface area contributed by atoms with Crippen molar-refractivity contribution in [3.05, 3.63) is 23.8 Å². The predicted molar refractivity (Wildman–Crippen MR) is 126 cm³/mol. The summed E-state index contributed by atoms with van der Waals surface area (Å²) in [6.45, 7) is 10.5. The second kappa shape index (κ2) is 8.42. The quantitative estimate of drug-likeness (QED) is 0.433. The highest BCUT2D eigenvalue weighted by Gasteiger charge is 2.65. The molecule has 4 heteroatoms. The van der Waals surface area contributed by atoms with E-state index >= 15 is 0 Å². The van der Waals surface area contributed by atoms with Crippen molar-refractivity contribution in [1.82, 2.24) is 0 Å². The molecule has 4 rings (SSSR count). The van der Waals surface area contributed by atoms with Gasteiger partial charge in [0.1, 0.15) is 11.7 Å². The molecule has 178 valence electrons. The van der Waals surface area contributed by atoms with Crippen molar-refractivity contribution in [3.8, 4) is 0 Å². The third-order valence-corrected chi connectivity index (χ3v) is 9.76. The minimum Gasteiger partial charge on any atom is -0.462 e. The van der Waals surface area contributed by atoms with E-state index in [1.807, 2.05) is 6.08 Å². The number of carbonyl (C=O) groups excluding carboxylic acids is 2. The largest absolute Gasteiger partial charge is 0.462 e. The monoisotopic (exact) mass is 442 g/mol. The van der Waals surface area contributed by atoms with Crippen molar-refractivity contribution in [2.24, 2.45) is 34.5 Å². The summed E-state index contributed by atoms with van der Waals surface area (Å²) < 4.78 is 5.42. The van der Waals surface area contributed by atoms with Crippen LogP contribution in [0.1, 0.15) is 92.4 Å². The van der Waals surface area contributed by atoms with E-state index in [4.69, 9.17) is 4.74 Å². The standard InChI is InChI=1S/C28H42O4/c1-18(2)8-6-7-9-20-10-11-23-22-16-25(30)28(31)17-21(32-19(3)29)12-15-27(28,5)24(22)13-14-26(20,23)4/h6-7,16,18,20-21,23-24,31H,8-15,17H2,1-5H3/b7-6+/t20-,21-,23?,24?,26?,27?,28-/m0/s1. The van der Waals surface area contributed by atoms with Gasteiger partial charge < -0.3 is 9.84 Å². The zero-order valence-electron chi connectivity index (χ0n) is 20.7. The molecule has 0 spiro atoms. The molecule has 0 saturated heterocycles. The molecule has 0 aromatic rings. The zero-order valence-corrected chi connectivity index (χ0v) is 20.7. The average Bonchev–Trinajstić information content (AvgIpc) is 3.04. The van der Waals surface area contributed by atoms with Crippen molar-refractivity contribution < 1.29 is 19.4 Å². The summed E-state index contributed by atoms with van der Waals surface area (Å²) in [6, 6.07) is 0. The van der Waals surface area contributed by atoms with Crippen LogP contribution in [-0.2, 0) is 14.3 Å². The summed E-state index contributed by atoms with van der Waals surface area (Å²) in [5.74, 6) is 1.56. The van der Waals surface area contributed by atoms with Gasteiger partial charge in [-0.25, -0.2) is 0 Å². The Morgan fingerprint density at radius 2 is 1.91 bits per heavy atom. The first-order valence-electron chi connectivity index (χ1n) is 12.8. The fraction of sp³-hybridized carbons (Fsp3) is 0.786. The van der Waals surface area contributed by atoms with E-state index in [9.17, 15) is 14.7 Å². The molecule has 0 aromatic carbocycles. The molecule has 4 nitrogen and oxygen atoms in total. The van der Waals surface area contributed by atoms with Gasteiger partial charge in [-0.2, -0.15) is 0 Å². The van der Waals surface area contributed by atoms with Crippen LogP contribution in [0.4, 0.5) is 0 Å². The van der Waals surface area contributed by atoms with Gasteiger partial charge in [0.05, 0.1) is 0 Å². The highest BCUT2D eigenvalue weighted by molar-refractivity contribution is 5.99. The number of rotatable bonds is 5. The third kappa shape index (κ3) is 3.71. The lowest BCUT2D eigenvalue weighted by Crippen LogP contribution is -2.64. The maximum atomic E-state index is 13.4. The Morgan fingerprint density at radius 3 is 2.59 bits per heavy atom. The van der Waals surface area contributed by atoms with Gasteiger partial charge in [0.2, 0.25) is 0 Å². The molecule has 0 aliphatic heterocycles. The smallest absolute Gasteiger partial charge is 0.302 e. The fourth-order valence-electron chi connectivity index (χ4n) is 7.79. The van der Waals surface area contributed by atoms with Gasteiger partial charge in [-0.1, -0.05) is 45.4 Å². The maximum Gasteiger partial charge on any atom is 0.302 e. The van der Waals surface area contributed by atoms with Crippen LogP contribution in [-0.4, -0.2) is 28.6 Å². The number of esters is 1. The number of hydrogen-bond donors (Lipinski definition) is 1. The summed E-state index contributed by atoms with van der Waals surface area (Å²) >= 11 is 0. The number of ketones is 1. The average molecular weight is 443 g/mol. The molecule has 4 aliphatic rings. The fourth-order valence-corrected chi connectivity index (χ4v) is 7.79. The normalized spacial score (nSPS) is 43.6. The van der Waals surface area contributed by atoms with Gasteiger partial charge in [0, 0.05) is 18.8 Å². The second-order valence-electron chi connectivity index (χ2n) is 12.0. The van der Waals surface area contributed by atoms with Crippen molar-refractivity contribution >= 4 is 11.8 Å². The Bertz CT molecular complexity index is 825. The first-order chi connectivity index (χ1) is 15.0. The second-order valence-corrected chi connectivity index (χ2v) is 12.0. The Labute approximate surface area is 193 Å². The van der Waals surface area contributed by atoms with E-state index in [2.05, 4.69) is 39.8 Å². The Morgan fingerprint density at radius 1 is 1.16 bits per heavy atom. The molecule has 3 fully saturated rings. The van der Waals surface area contributed by atoms with E-state index < -0.39 is 11.0 Å². The Balaban J connectivity index is 1.57. The minimum absolute atomic E-state index is 0.160. The summed E-state index contributed by atoms with van der Waals surface area (Å²) in [4.78, 5) is 24.9. The van der Waals surface area contributed by atoms with E-state index in [0.29, 0.717) is 17.8 Å². The Kier molecular flexibility index (Phi) is 6.24. The SMILES string of the molecule is CC(=O)O[C@H]1CCC2(C)C3CCC4(C)C(CC[C@@H]4C/C=C/CC(C)C)C3=CC(=O)[C@@]2(O)C1. The molecule has 32 heavy (non-hydrogen) atoms. The Hall–Kier alpha value is -1.42. The number of carbonyl (C=O) groups is 2. The lowest BCUT2D eigenvalue weighted by molar-refractivity contribution is -0.188. The molecular formula is C28H42O4. The van der Waals surface area contributed by atoms with Crippen molar-refractivity contribution in [2.75, 3.05) is 0 Å². The molecule has 0 amide bonds. The van der Waals surface area contributed by atoms with Gasteiger partial charge in [-0.3, -0.25) is 9.59 Å². The first kappa shape index (κ1) is 23.7. The highest BCUT2D eigenvalue weighted by Crippen LogP contribution is 2.66. The third-order valence-electron chi connectivity index (χ3n) is 9.76. The number of ether oxygens (including phenoxy) is 1. The van der Waals surface area contributed by atoms with E-state index in [1.54, 1.807) is 0 Å². The van der Waals surface area contributed by atoms with Crippen molar-refractivity contribution in [1.29, 1.82) is 0 Å². The molecule has 0 heterocycles. The van der Waals surface area contributed by atoms with Crippen LogP contribution in [0.3, 0.4) is 0 Å².